The van der Waals surface area contributed by atoms with Crippen LogP contribution < -0.4 is 11.1 Å². The molecule has 3 nitrogen and oxygen atoms in total. The van der Waals surface area contributed by atoms with E-state index in [1.165, 1.54) is 12.1 Å². The minimum atomic E-state index is -4.53. The quantitative estimate of drug-likeness (QED) is 0.710. The molecule has 0 fully saturated rings. The van der Waals surface area contributed by atoms with E-state index in [1.54, 1.807) is 0 Å². The van der Waals surface area contributed by atoms with Crippen molar-refractivity contribution in [1.29, 1.82) is 0 Å². The lowest BCUT2D eigenvalue weighted by atomic mass is 10.1. The molecule has 0 aliphatic rings. The first-order chi connectivity index (χ1) is 6.82. The number of benzene rings is 1. The summed E-state index contributed by atoms with van der Waals surface area (Å²) in [4.78, 5) is 10.7. The van der Waals surface area contributed by atoms with Gasteiger partial charge in [0, 0.05) is 6.92 Å². The molecule has 0 bridgehead atoms. The number of alkyl halides is 3. The Morgan fingerprint density at radius 1 is 1.40 bits per heavy atom. The van der Waals surface area contributed by atoms with E-state index in [4.69, 9.17) is 5.73 Å². The third-order valence-corrected chi connectivity index (χ3v) is 1.70. The highest BCUT2D eigenvalue weighted by Crippen LogP contribution is 2.37. The van der Waals surface area contributed by atoms with Crippen molar-refractivity contribution in [3.05, 3.63) is 23.8 Å². The van der Waals surface area contributed by atoms with Gasteiger partial charge in [-0.2, -0.15) is 13.2 Å². The number of halogens is 3. The van der Waals surface area contributed by atoms with Gasteiger partial charge in [-0.3, -0.25) is 4.79 Å². The molecular weight excluding hydrogens is 209 g/mol. The lowest BCUT2D eigenvalue weighted by Crippen LogP contribution is -2.15. The van der Waals surface area contributed by atoms with Crippen LogP contribution in [0.4, 0.5) is 24.5 Å². The maximum Gasteiger partial charge on any atom is 0.418 e. The van der Waals surface area contributed by atoms with Crippen LogP contribution in [0, 0.1) is 0 Å². The normalized spacial score (nSPS) is 11.2. The molecule has 82 valence electrons. The number of nitrogens with two attached hydrogens (primary N) is 1. The van der Waals surface area contributed by atoms with Gasteiger partial charge < -0.3 is 11.1 Å². The standard InChI is InChI=1S/C9H9F3N2O/c1-5(15)14-8-6(9(10,11)12)3-2-4-7(8)13/h2-4H,13H2,1H3,(H,14,15). The summed E-state index contributed by atoms with van der Waals surface area (Å²) in [7, 11) is 0. The smallest absolute Gasteiger partial charge is 0.397 e. The second-order valence-electron chi connectivity index (χ2n) is 2.95. The molecule has 1 rings (SSSR count). The maximum atomic E-state index is 12.5. The highest BCUT2D eigenvalue weighted by molar-refractivity contribution is 5.93. The molecule has 6 heteroatoms. The van der Waals surface area contributed by atoms with E-state index in [2.05, 4.69) is 5.32 Å². The molecule has 0 aromatic heterocycles. The molecule has 1 amide bonds. The fourth-order valence-corrected chi connectivity index (χ4v) is 1.12. The first-order valence-corrected chi connectivity index (χ1v) is 4.05. The van der Waals surface area contributed by atoms with Crippen molar-refractivity contribution in [1.82, 2.24) is 0 Å². The minimum absolute atomic E-state index is 0.111. The zero-order valence-corrected chi connectivity index (χ0v) is 7.85. The third-order valence-electron chi connectivity index (χ3n) is 1.70. The van der Waals surface area contributed by atoms with E-state index in [-0.39, 0.29) is 5.69 Å². The van der Waals surface area contributed by atoms with Gasteiger partial charge in [0.05, 0.1) is 16.9 Å². The summed E-state index contributed by atoms with van der Waals surface area (Å²) in [6, 6.07) is 3.34. The van der Waals surface area contributed by atoms with Gasteiger partial charge in [0.2, 0.25) is 5.91 Å². The molecule has 0 heterocycles. The van der Waals surface area contributed by atoms with Crippen molar-refractivity contribution in [2.75, 3.05) is 11.1 Å². The number of para-hydroxylation sites is 1. The summed E-state index contributed by atoms with van der Waals surface area (Å²) in [6.07, 6.45) is -4.53. The number of amides is 1. The molecule has 15 heavy (non-hydrogen) atoms. The SMILES string of the molecule is CC(=O)Nc1c(N)cccc1C(F)(F)F. The average Bonchev–Trinajstić information content (AvgIpc) is 2.05. The second kappa shape index (κ2) is 3.80. The predicted molar refractivity (Wildman–Crippen MR) is 50.2 cm³/mol. The number of anilines is 2. The summed E-state index contributed by atoms with van der Waals surface area (Å²) in [5.74, 6) is -0.599. The molecule has 3 N–H and O–H groups in total. The Balaban J connectivity index is 3.26. The molecule has 1 aromatic rings. The highest BCUT2D eigenvalue weighted by Gasteiger charge is 2.34. The minimum Gasteiger partial charge on any atom is -0.397 e. The number of rotatable bonds is 1. The van der Waals surface area contributed by atoms with Crippen LogP contribution in [-0.4, -0.2) is 5.91 Å². The molecule has 0 aliphatic heterocycles. The Morgan fingerprint density at radius 3 is 2.47 bits per heavy atom. The number of carbonyl (C=O) groups is 1. The molecule has 0 atom stereocenters. The van der Waals surface area contributed by atoms with Crippen molar-refractivity contribution >= 4 is 17.3 Å². The number of hydrogen-bond donors (Lipinski definition) is 2. The summed E-state index contributed by atoms with van der Waals surface area (Å²) < 4.78 is 37.4. The topological polar surface area (TPSA) is 55.1 Å². The largest absolute Gasteiger partial charge is 0.418 e. The molecule has 0 spiro atoms. The average molecular weight is 218 g/mol. The van der Waals surface area contributed by atoms with Crippen LogP contribution in [0.3, 0.4) is 0 Å². The van der Waals surface area contributed by atoms with Crippen LogP contribution in [0.2, 0.25) is 0 Å². The van der Waals surface area contributed by atoms with Crippen LogP contribution in [0.5, 0.6) is 0 Å². The van der Waals surface area contributed by atoms with Crippen LogP contribution in [0.25, 0.3) is 0 Å². The van der Waals surface area contributed by atoms with Crippen molar-refractivity contribution in [2.45, 2.75) is 13.1 Å². The van der Waals surface area contributed by atoms with Gasteiger partial charge in [-0.25, -0.2) is 0 Å². The van der Waals surface area contributed by atoms with E-state index in [9.17, 15) is 18.0 Å². The van der Waals surface area contributed by atoms with Crippen LogP contribution in [0.1, 0.15) is 12.5 Å². The number of hydrogen-bond acceptors (Lipinski definition) is 2. The molecule has 0 aliphatic carbocycles. The second-order valence-corrected chi connectivity index (χ2v) is 2.95. The van der Waals surface area contributed by atoms with E-state index in [0.717, 1.165) is 13.0 Å². The van der Waals surface area contributed by atoms with Gasteiger partial charge in [-0.15, -0.1) is 0 Å². The highest BCUT2D eigenvalue weighted by atomic mass is 19.4. The van der Waals surface area contributed by atoms with E-state index in [0.29, 0.717) is 0 Å². The summed E-state index contributed by atoms with van der Waals surface area (Å²) in [5.41, 5.74) is 3.90. The van der Waals surface area contributed by atoms with Crippen molar-refractivity contribution in [3.63, 3.8) is 0 Å². The molecule has 0 saturated heterocycles. The molecule has 1 aromatic carbocycles. The van der Waals surface area contributed by atoms with Crippen molar-refractivity contribution in [2.24, 2.45) is 0 Å². The molecular formula is C9H9F3N2O. The van der Waals surface area contributed by atoms with E-state index >= 15 is 0 Å². The van der Waals surface area contributed by atoms with Crippen molar-refractivity contribution < 1.29 is 18.0 Å². The Bertz CT molecular complexity index is 387. The maximum absolute atomic E-state index is 12.5. The van der Waals surface area contributed by atoms with Gasteiger partial charge in [-0.1, -0.05) is 6.07 Å². The van der Waals surface area contributed by atoms with Crippen LogP contribution in [-0.2, 0) is 11.0 Å². The Labute approximate surface area is 84.1 Å². The van der Waals surface area contributed by atoms with Gasteiger partial charge >= 0.3 is 6.18 Å². The number of carbonyl (C=O) groups excluding carboxylic acids is 1. The number of nitrogen functional groups attached to an aromatic ring is 1. The molecule has 0 unspecified atom stereocenters. The zero-order valence-electron chi connectivity index (χ0n) is 7.85. The van der Waals surface area contributed by atoms with E-state index < -0.39 is 23.3 Å². The fraction of sp³-hybridized carbons (Fsp3) is 0.222. The lowest BCUT2D eigenvalue weighted by molar-refractivity contribution is -0.136. The Kier molecular flexibility index (Phi) is 2.88. The van der Waals surface area contributed by atoms with Crippen LogP contribution in [0.15, 0.2) is 18.2 Å². The lowest BCUT2D eigenvalue weighted by Gasteiger charge is -2.14. The molecule has 0 saturated carbocycles. The zero-order chi connectivity index (χ0) is 11.6. The summed E-state index contributed by atoms with van der Waals surface area (Å²) >= 11 is 0. The van der Waals surface area contributed by atoms with Crippen LogP contribution >= 0.6 is 0 Å². The monoisotopic (exact) mass is 218 g/mol. The first kappa shape index (κ1) is 11.4. The van der Waals surface area contributed by atoms with E-state index in [1.807, 2.05) is 0 Å². The summed E-state index contributed by atoms with van der Waals surface area (Å²) in [5, 5.41) is 2.06. The van der Waals surface area contributed by atoms with Gasteiger partial charge in [0.25, 0.3) is 0 Å². The van der Waals surface area contributed by atoms with Crippen molar-refractivity contribution in [3.8, 4) is 0 Å². The number of nitrogens with one attached hydrogen (secondary N) is 1. The fourth-order valence-electron chi connectivity index (χ4n) is 1.12. The van der Waals surface area contributed by atoms with Gasteiger partial charge in [0.15, 0.2) is 0 Å². The third kappa shape index (κ3) is 2.61. The van der Waals surface area contributed by atoms with Gasteiger partial charge in [0.1, 0.15) is 0 Å². The predicted octanol–water partition coefficient (Wildman–Crippen LogP) is 2.25. The molecule has 0 radical (unpaired) electrons. The Morgan fingerprint density at radius 2 is 2.00 bits per heavy atom. The van der Waals surface area contributed by atoms with Gasteiger partial charge in [-0.05, 0) is 12.1 Å². The first-order valence-electron chi connectivity index (χ1n) is 4.05. The Hall–Kier alpha value is -1.72. The summed E-state index contributed by atoms with van der Waals surface area (Å²) in [6.45, 7) is 1.12.